The zero-order chi connectivity index (χ0) is 31.9. The van der Waals surface area contributed by atoms with Gasteiger partial charge in [-0.3, -0.25) is 13.9 Å². The molecule has 1 fully saturated rings. The van der Waals surface area contributed by atoms with E-state index >= 15 is 0 Å². The van der Waals surface area contributed by atoms with Crippen molar-refractivity contribution in [2.24, 2.45) is 0 Å². The molecule has 1 unspecified atom stereocenters. The molecule has 3 aromatic rings. The van der Waals surface area contributed by atoms with Gasteiger partial charge in [-0.25, -0.2) is 8.42 Å². The quantitative estimate of drug-likeness (QED) is 0.218. The van der Waals surface area contributed by atoms with Gasteiger partial charge in [-0.05, 0) is 73.6 Å². The van der Waals surface area contributed by atoms with Crippen LogP contribution in [0.1, 0.15) is 60.8 Å². The number of nitrogens with zero attached hydrogens (tertiary/aromatic N) is 2. The van der Waals surface area contributed by atoms with E-state index in [0.29, 0.717) is 22.2 Å². The molecule has 0 bridgehead atoms. The highest BCUT2D eigenvalue weighted by Gasteiger charge is 2.32. The molecule has 10 heteroatoms. The molecule has 44 heavy (non-hydrogen) atoms. The summed E-state index contributed by atoms with van der Waals surface area (Å²) in [5.41, 5.74) is 4.06. The van der Waals surface area contributed by atoms with Crippen molar-refractivity contribution < 1.29 is 18.0 Å². The topological polar surface area (TPSA) is 86.8 Å². The summed E-state index contributed by atoms with van der Waals surface area (Å²) in [4.78, 5) is 29.6. The normalized spacial score (nSPS) is 14.3. The van der Waals surface area contributed by atoms with Crippen LogP contribution in [0.25, 0.3) is 0 Å². The molecule has 0 heterocycles. The maximum absolute atomic E-state index is 14.1. The molecular formula is C34H41Cl2N3O4S. The zero-order valence-corrected chi connectivity index (χ0v) is 27.9. The number of halogens is 2. The molecule has 1 aliphatic carbocycles. The van der Waals surface area contributed by atoms with Crippen molar-refractivity contribution >= 4 is 50.7 Å². The van der Waals surface area contributed by atoms with E-state index in [9.17, 15) is 18.0 Å². The second-order valence-corrected chi connectivity index (χ2v) is 14.4. The lowest BCUT2D eigenvalue weighted by molar-refractivity contribution is -0.141. The van der Waals surface area contributed by atoms with E-state index in [1.165, 1.54) is 10.6 Å². The number of hydrogen-bond donors (Lipinski definition) is 1. The van der Waals surface area contributed by atoms with Gasteiger partial charge in [-0.15, -0.1) is 0 Å². The number of hydrogen-bond acceptors (Lipinski definition) is 4. The predicted molar refractivity (Wildman–Crippen MR) is 179 cm³/mol. The van der Waals surface area contributed by atoms with Gasteiger partial charge in [0.05, 0.1) is 22.0 Å². The van der Waals surface area contributed by atoms with Gasteiger partial charge >= 0.3 is 0 Å². The van der Waals surface area contributed by atoms with E-state index < -0.39 is 16.1 Å². The van der Waals surface area contributed by atoms with Gasteiger partial charge in [0.1, 0.15) is 6.04 Å². The number of amides is 2. The minimum atomic E-state index is -3.60. The maximum atomic E-state index is 14.1. The van der Waals surface area contributed by atoms with Gasteiger partial charge in [0.15, 0.2) is 0 Å². The van der Waals surface area contributed by atoms with Crippen molar-refractivity contribution in [3.63, 3.8) is 0 Å². The van der Waals surface area contributed by atoms with E-state index in [-0.39, 0.29) is 43.8 Å². The molecule has 4 rings (SSSR count). The molecule has 2 amide bonds. The van der Waals surface area contributed by atoms with Gasteiger partial charge in [0.25, 0.3) is 0 Å². The summed E-state index contributed by atoms with van der Waals surface area (Å²) in [5, 5.41) is 3.97. The van der Waals surface area contributed by atoms with E-state index in [1.807, 2.05) is 62.4 Å². The summed E-state index contributed by atoms with van der Waals surface area (Å²) in [7, 11) is -3.60. The van der Waals surface area contributed by atoms with Gasteiger partial charge in [-0.2, -0.15) is 0 Å². The number of carbonyl (C=O) groups is 2. The maximum Gasteiger partial charge on any atom is 0.243 e. The summed E-state index contributed by atoms with van der Waals surface area (Å²) in [6.07, 6.45) is 5.82. The molecule has 236 valence electrons. The highest BCUT2D eigenvalue weighted by atomic mass is 35.5. The number of anilines is 1. The molecule has 1 aliphatic rings. The third-order valence-electron chi connectivity index (χ3n) is 8.10. The summed E-state index contributed by atoms with van der Waals surface area (Å²) < 4.78 is 27.0. The van der Waals surface area contributed by atoms with Crippen molar-refractivity contribution in [3.8, 4) is 0 Å². The third kappa shape index (κ3) is 9.22. The average Bonchev–Trinajstić information content (AvgIpc) is 3.49. The fraction of sp³-hybridized carbons (Fsp3) is 0.412. The fourth-order valence-electron chi connectivity index (χ4n) is 5.73. The second-order valence-electron chi connectivity index (χ2n) is 11.7. The van der Waals surface area contributed by atoms with E-state index in [2.05, 4.69) is 5.32 Å². The Morgan fingerprint density at radius 2 is 1.64 bits per heavy atom. The van der Waals surface area contributed by atoms with Crippen LogP contribution in [0.4, 0.5) is 5.69 Å². The molecule has 7 nitrogen and oxygen atoms in total. The lowest BCUT2D eigenvalue weighted by Gasteiger charge is -2.33. The zero-order valence-electron chi connectivity index (χ0n) is 25.6. The Hall–Kier alpha value is -3.07. The Morgan fingerprint density at radius 1 is 0.932 bits per heavy atom. The number of benzene rings is 3. The highest BCUT2D eigenvalue weighted by Crippen LogP contribution is 2.27. The first-order valence-electron chi connectivity index (χ1n) is 15.0. The minimum Gasteiger partial charge on any atom is -0.352 e. The van der Waals surface area contributed by atoms with Gasteiger partial charge < -0.3 is 10.2 Å². The van der Waals surface area contributed by atoms with Crippen LogP contribution in [0.2, 0.25) is 10.0 Å². The van der Waals surface area contributed by atoms with Crippen LogP contribution in [0.15, 0.2) is 66.7 Å². The Kier molecular flexibility index (Phi) is 11.7. The van der Waals surface area contributed by atoms with Crippen LogP contribution in [0, 0.1) is 13.8 Å². The van der Waals surface area contributed by atoms with Crippen molar-refractivity contribution in [2.75, 3.05) is 17.1 Å². The first-order chi connectivity index (χ1) is 20.9. The molecular weight excluding hydrogens is 617 g/mol. The smallest absolute Gasteiger partial charge is 0.243 e. The van der Waals surface area contributed by atoms with Crippen molar-refractivity contribution in [2.45, 2.75) is 77.4 Å². The Balaban J connectivity index is 1.62. The van der Waals surface area contributed by atoms with Gasteiger partial charge in [0, 0.05) is 32.0 Å². The Labute approximate surface area is 271 Å². The summed E-state index contributed by atoms with van der Waals surface area (Å²) in [5.74, 6) is -0.435. The number of carbonyl (C=O) groups excluding carboxylic acids is 2. The summed E-state index contributed by atoms with van der Waals surface area (Å²) in [6, 6.07) is 19.8. The van der Waals surface area contributed by atoms with Crippen LogP contribution < -0.4 is 9.62 Å². The number of rotatable bonds is 13. The third-order valence-corrected chi connectivity index (χ3v) is 10.0. The van der Waals surface area contributed by atoms with Crippen LogP contribution in [-0.2, 0) is 32.6 Å². The largest absolute Gasteiger partial charge is 0.352 e. The van der Waals surface area contributed by atoms with Gasteiger partial charge in [0.2, 0.25) is 21.8 Å². The molecule has 0 aliphatic heterocycles. The molecule has 1 atom stereocenters. The van der Waals surface area contributed by atoms with E-state index in [0.717, 1.165) is 47.9 Å². The predicted octanol–water partition coefficient (Wildman–Crippen LogP) is 6.86. The lowest BCUT2D eigenvalue weighted by atomic mass is 10.0. The summed E-state index contributed by atoms with van der Waals surface area (Å²) >= 11 is 12.5. The number of sulfonamides is 1. The second kappa shape index (κ2) is 15.3. The molecule has 1 N–H and O–H groups in total. The molecule has 1 saturated carbocycles. The van der Waals surface area contributed by atoms with Gasteiger partial charge in [-0.1, -0.05) is 84.6 Å². The van der Waals surface area contributed by atoms with E-state index in [1.54, 1.807) is 23.1 Å². The van der Waals surface area contributed by atoms with Crippen LogP contribution in [0.5, 0.6) is 0 Å². The standard InChI is InChI=1S/C34H41Cl2N3O4S/c1-24-15-16-25(2)31(20-24)39(44(3,42)43)19-9-14-33(40)38(23-27-17-18-29(35)30(36)21-27)32(22-26-10-5-4-6-11-26)34(41)37-28-12-7-8-13-28/h4-6,10-11,15-18,20-21,28,32H,7-9,12-14,19,22-23H2,1-3H3,(H,37,41). The monoisotopic (exact) mass is 657 g/mol. The summed E-state index contributed by atoms with van der Waals surface area (Å²) in [6.45, 7) is 4.07. The van der Waals surface area contributed by atoms with Crippen molar-refractivity contribution in [1.29, 1.82) is 0 Å². The molecule has 0 saturated heterocycles. The van der Waals surface area contributed by atoms with Crippen LogP contribution in [0.3, 0.4) is 0 Å². The molecule has 0 spiro atoms. The fourth-order valence-corrected chi connectivity index (χ4v) is 7.06. The van der Waals surface area contributed by atoms with E-state index in [4.69, 9.17) is 23.2 Å². The van der Waals surface area contributed by atoms with Crippen LogP contribution in [-0.4, -0.2) is 50.0 Å². The van der Waals surface area contributed by atoms with Crippen LogP contribution >= 0.6 is 23.2 Å². The number of aryl methyl sites for hydroxylation is 2. The van der Waals surface area contributed by atoms with Crippen molar-refractivity contribution in [3.05, 3.63) is 99.0 Å². The number of nitrogens with one attached hydrogen (secondary N) is 1. The molecule has 0 radical (unpaired) electrons. The average molecular weight is 659 g/mol. The lowest BCUT2D eigenvalue weighted by Crippen LogP contribution is -2.52. The highest BCUT2D eigenvalue weighted by molar-refractivity contribution is 7.92. The Morgan fingerprint density at radius 3 is 2.30 bits per heavy atom. The first-order valence-corrected chi connectivity index (χ1v) is 17.7. The SMILES string of the molecule is Cc1ccc(C)c(N(CCCC(=O)N(Cc2ccc(Cl)c(Cl)c2)C(Cc2ccccc2)C(=O)NC2CCCC2)S(C)(=O)=O)c1. The Bertz CT molecular complexity index is 1560. The molecule has 3 aromatic carbocycles. The minimum absolute atomic E-state index is 0.0558. The molecule has 0 aromatic heterocycles. The first kappa shape index (κ1) is 33.8. The van der Waals surface area contributed by atoms with Crippen molar-refractivity contribution in [1.82, 2.24) is 10.2 Å².